The SMILES string of the molecule is COc1ccc(-c2cc(C(=O)NCc3ccco3)c3c(C)nn(C4CCS(=O)(=O)C4)c3n2)cc1OC. The van der Waals surface area contributed by atoms with Gasteiger partial charge in [0.2, 0.25) is 0 Å². The molecule has 1 unspecified atom stereocenters. The van der Waals surface area contributed by atoms with Gasteiger partial charge in [-0.05, 0) is 49.7 Å². The molecule has 1 saturated heterocycles. The summed E-state index contributed by atoms with van der Waals surface area (Å²) in [7, 11) is -0.0487. The van der Waals surface area contributed by atoms with Gasteiger partial charge in [-0.1, -0.05) is 0 Å². The van der Waals surface area contributed by atoms with Crippen LogP contribution in [-0.2, 0) is 16.4 Å². The molecular weight excluding hydrogens is 484 g/mol. The topological polar surface area (TPSA) is 126 Å². The number of furan rings is 1. The van der Waals surface area contributed by atoms with Crippen molar-refractivity contribution in [2.24, 2.45) is 0 Å². The maximum absolute atomic E-state index is 13.4. The number of pyridine rings is 1. The average molecular weight is 511 g/mol. The lowest BCUT2D eigenvalue weighted by Crippen LogP contribution is -2.23. The third kappa shape index (κ3) is 4.41. The van der Waals surface area contributed by atoms with Crippen LogP contribution in [0.3, 0.4) is 0 Å². The van der Waals surface area contributed by atoms with E-state index in [4.69, 9.17) is 18.9 Å². The number of methoxy groups -OCH3 is 2. The Labute approximate surface area is 208 Å². The van der Waals surface area contributed by atoms with Crippen molar-refractivity contribution in [1.82, 2.24) is 20.1 Å². The molecule has 0 bridgehead atoms. The van der Waals surface area contributed by atoms with Crippen molar-refractivity contribution < 1.29 is 27.1 Å². The number of amides is 1. The van der Waals surface area contributed by atoms with Gasteiger partial charge in [0.05, 0.1) is 66.9 Å². The maximum atomic E-state index is 13.4. The molecule has 1 fully saturated rings. The third-order valence-electron chi connectivity index (χ3n) is 6.32. The van der Waals surface area contributed by atoms with Gasteiger partial charge < -0.3 is 19.2 Å². The Hall–Kier alpha value is -3.86. The molecule has 5 rings (SSSR count). The number of carbonyl (C=O) groups excluding carboxylic acids is 1. The first-order valence-corrected chi connectivity index (χ1v) is 13.2. The number of aryl methyl sites for hydroxylation is 1. The monoisotopic (exact) mass is 510 g/mol. The fourth-order valence-corrected chi connectivity index (χ4v) is 6.23. The highest BCUT2D eigenvalue weighted by atomic mass is 32.2. The van der Waals surface area contributed by atoms with E-state index < -0.39 is 9.84 Å². The van der Waals surface area contributed by atoms with Crippen molar-refractivity contribution in [1.29, 1.82) is 0 Å². The third-order valence-corrected chi connectivity index (χ3v) is 8.07. The summed E-state index contributed by atoms with van der Waals surface area (Å²) >= 11 is 0. The lowest BCUT2D eigenvalue weighted by atomic mass is 10.0. The van der Waals surface area contributed by atoms with Gasteiger partial charge in [-0.25, -0.2) is 18.1 Å². The summed E-state index contributed by atoms with van der Waals surface area (Å²) in [5.74, 6) is 1.48. The van der Waals surface area contributed by atoms with Gasteiger partial charge in [0.25, 0.3) is 5.91 Å². The molecule has 1 aliphatic heterocycles. The van der Waals surface area contributed by atoms with E-state index in [1.807, 2.05) is 6.07 Å². The standard InChI is InChI=1S/C25H26N4O6S/c1-15-23-19(25(30)26-13-18-5-4-9-35-18)12-20(16-6-7-21(33-2)22(11-16)34-3)27-24(23)29(28-15)17-8-10-36(31,32)14-17/h4-7,9,11-12,17H,8,10,13-14H2,1-3H3,(H,26,30). The summed E-state index contributed by atoms with van der Waals surface area (Å²) in [6, 6.07) is 10.3. The van der Waals surface area contributed by atoms with Gasteiger partial charge in [0, 0.05) is 5.56 Å². The normalized spacial score (nSPS) is 16.8. The molecule has 0 radical (unpaired) electrons. The van der Waals surface area contributed by atoms with Crippen LogP contribution in [0.1, 0.15) is 34.3 Å². The summed E-state index contributed by atoms with van der Waals surface area (Å²) < 4.78 is 42.2. The Kier molecular flexibility index (Phi) is 6.17. The minimum atomic E-state index is -3.15. The lowest BCUT2D eigenvalue weighted by molar-refractivity contribution is 0.0949. The Bertz CT molecular complexity index is 1540. The van der Waals surface area contributed by atoms with Crippen LogP contribution in [0, 0.1) is 6.92 Å². The minimum absolute atomic E-state index is 0.00842. The average Bonchev–Trinajstić information content (AvgIpc) is 3.60. The molecule has 10 nitrogen and oxygen atoms in total. The van der Waals surface area contributed by atoms with Gasteiger partial charge in [0.1, 0.15) is 5.76 Å². The number of ether oxygens (including phenoxy) is 2. The van der Waals surface area contributed by atoms with Gasteiger partial charge >= 0.3 is 0 Å². The molecular formula is C25H26N4O6S. The Morgan fingerprint density at radius 3 is 2.67 bits per heavy atom. The van der Waals surface area contributed by atoms with E-state index in [1.54, 1.807) is 62.4 Å². The van der Waals surface area contributed by atoms with Gasteiger partial charge in [-0.3, -0.25) is 4.79 Å². The molecule has 3 aromatic heterocycles. The van der Waals surface area contributed by atoms with Crippen LogP contribution >= 0.6 is 0 Å². The van der Waals surface area contributed by atoms with Crippen molar-refractivity contribution in [3.63, 3.8) is 0 Å². The second kappa shape index (κ2) is 9.30. The molecule has 1 aliphatic rings. The Morgan fingerprint density at radius 2 is 2.00 bits per heavy atom. The van der Waals surface area contributed by atoms with E-state index in [2.05, 4.69) is 10.4 Å². The number of hydrogen-bond acceptors (Lipinski definition) is 8. The first kappa shape index (κ1) is 23.9. The molecule has 4 aromatic rings. The summed E-state index contributed by atoms with van der Waals surface area (Å²) in [4.78, 5) is 18.2. The molecule has 0 saturated carbocycles. The maximum Gasteiger partial charge on any atom is 0.252 e. The first-order chi connectivity index (χ1) is 17.3. The highest BCUT2D eigenvalue weighted by Gasteiger charge is 2.32. The molecule has 1 amide bonds. The van der Waals surface area contributed by atoms with E-state index in [0.717, 1.165) is 0 Å². The summed E-state index contributed by atoms with van der Waals surface area (Å²) in [6.45, 7) is 2.01. The smallest absolute Gasteiger partial charge is 0.252 e. The number of nitrogens with one attached hydrogen (secondary N) is 1. The number of fused-ring (bicyclic) bond motifs is 1. The van der Waals surface area contributed by atoms with Crippen LogP contribution in [0.5, 0.6) is 11.5 Å². The van der Waals surface area contributed by atoms with Gasteiger partial charge in [0.15, 0.2) is 27.0 Å². The van der Waals surface area contributed by atoms with E-state index >= 15 is 0 Å². The second-order valence-electron chi connectivity index (χ2n) is 8.67. The molecule has 188 valence electrons. The molecule has 1 N–H and O–H groups in total. The number of aromatic nitrogens is 3. The van der Waals surface area contributed by atoms with Crippen LogP contribution < -0.4 is 14.8 Å². The van der Waals surface area contributed by atoms with E-state index in [1.165, 1.54) is 0 Å². The zero-order valence-electron chi connectivity index (χ0n) is 20.1. The number of carbonyl (C=O) groups is 1. The predicted octanol–water partition coefficient (Wildman–Crippen LogP) is 3.31. The molecule has 36 heavy (non-hydrogen) atoms. The van der Waals surface area contributed by atoms with E-state index in [-0.39, 0.29) is 30.0 Å². The largest absolute Gasteiger partial charge is 0.493 e. The van der Waals surface area contributed by atoms with Crippen LogP contribution in [-0.4, -0.2) is 54.8 Å². The van der Waals surface area contributed by atoms with Crippen molar-refractivity contribution in [2.75, 3.05) is 25.7 Å². The number of sulfone groups is 1. The van der Waals surface area contributed by atoms with Crippen LogP contribution in [0.2, 0.25) is 0 Å². The number of benzene rings is 1. The number of hydrogen-bond donors (Lipinski definition) is 1. The van der Waals surface area contributed by atoms with E-state index in [0.29, 0.717) is 57.2 Å². The van der Waals surface area contributed by atoms with Gasteiger partial charge in [-0.15, -0.1) is 0 Å². The number of nitrogens with zero attached hydrogens (tertiary/aromatic N) is 3. The summed E-state index contributed by atoms with van der Waals surface area (Å²) in [5, 5.41) is 8.11. The molecule has 11 heteroatoms. The molecule has 1 atom stereocenters. The van der Waals surface area contributed by atoms with Gasteiger partial charge in [-0.2, -0.15) is 5.10 Å². The summed E-state index contributed by atoms with van der Waals surface area (Å²) in [5.41, 5.74) is 2.68. The fourth-order valence-electron chi connectivity index (χ4n) is 4.53. The predicted molar refractivity (Wildman–Crippen MR) is 133 cm³/mol. The van der Waals surface area contributed by atoms with Crippen LogP contribution in [0.4, 0.5) is 0 Å². The molecule has 0 aliphatic carbocycles. The Balaban J connectivity index is 1.65. The van der Waals surface area contributed by atoms with Crippen molar-refractivity contribution in [2.45, 2.75) is 25.9 Å². The quantitative estimate of drug-likeness (QED) is 0.401. The van der Waals surface area contributed by atoms with Crippen LogP contribution in [0.15, 0.2) is 47.1 Å². The number of rotatable bonds is 7. The first-order valence-electron chi connectivity index (χ1n) is 11.4. The molecule has 1 aromatic carbocycles. The van der Waals surface area contributed by atoms with Crippen LogP contribution in [0.25, 0.3) is 22.3 Å². The highest BCUT2D eigenvalue weighted by Crippen LogP contribution is 2.35. The zero-order valence-corrected chi connectivity index (χ0v) is 21.0. The zero-order chi connectivity index (χ0) is 25.4. The Morgan fingerprint density at radius 1 is 1.19 bits per heavy atom. The van der Waals surface area contributed by atoms with E-state index in [9.17, 15) is 13.2 Å². The minimum Gasteiger partial charge on any atom is -0.493 e. The highest BCUT2D eigenvalue weighted by molar-refractivity contribution is 7.91. The van der Waals surface area contributed by atoms with Crippen molar-refractivity contribution in [3.05, 3.63) is 59.7 Å². The van der Waals surface area contributed by atoms with Crippen molar-refractivity contribution in [3.8, 4) is 22.8 Å². The summed E-state index contributed by atoms with van der Waals surface area (Å²) in [6.07, 6.45) is 1.99. The fraction of sp³-hybridized carbons (Fsp3) is 0.320. The lowest BCUT2D eigenvalue weighted by Gasteiger charge is -2.13. The second-order valence-corrected chi connectivity index (χ2v) is 10.9. The molecule has 0 spiro atoms. The molecule has 4 heterocycles. The van der Waals surface area contributed by atoms with Crippen molar-refractivity contribution >= 4 is 26.8 Å².